The predicted molar refractivity (Wildman–Crippen MR) is 115 cm³/mol. The van der Waals surface area contributed by atoms with Crippen molar-refractivity contribution in [2.45, 2.75) is 38.2 Å². The largest absolute Gasteiger partial charge is 0.486 e. The van der Waals surface area contributed by atoms with Gasteiger partial charge in [-0.15, -0.1) is 0 Å². The van der Waals surface area contributed by atoms with Crippen LogP contribution in [0, 0.1) is 18.8 Å². The second kappa shape index (κ2) is 7.48. The number of carbonyl (C=O) groups is 3. The minimum absolute atomic E-state index is 0.00962. The van der Waals surface area contributed by atoms with Crippen LogP contribution in [-0.4, -0.2) is 46.9 Å². The van der Waals surface area contributed by atoms with E-state index in [4.69, 9.17) is 4.74 Å². The van der Waals surface area contributed by atoms with Crippen molar-refractivity contribution in [3.8, 4) is 5.75 Å². The number of rotatable bonds is 2. The van der Waals surface area contributed by atoms with Gasteiger partial charge in [0.05, 0.1) is 30.0 Å². The van der Waals surface area contributed by atoms with Gasteiger partial charge in [0, 0.05) is 31.8 Å². The van der Waals surface area contributed by atoms with E-state index >= 15 is 0 Å². The van der Waals surface area contributed by atoms with Crippen molar-refractivity contribution in [1.29, 1.82) is 0 Å². The first-order chi connectivity index (χ1) is 14.9. The third-order valence-corrected chi connectivity index (χ3v) is 6.74. The summed E-state index contributed by atoms with van der Waals surface area (Å²) in [6.07, 6.45) is 9.29. The summed E-state index contributed by atoms with van der Waals surface area (Å²) in [6, 6.07) is 5.71. The van der Waals surface area contributed by atoms with E-state index in [1.54, 1.807) is 0 Å². The highest BCUT2D eigenvalue weighted by Gasteiger charge is 2.44. The predicted octanol–water partition coefficient (Wildman–Crippen LogP) is 2.56. The lowest BCUT2D eigenvalue weighted by Crippen LogP contribution is -2.52. The number of aryl methyl sites for hydroxylation is 1. The fourth-order valence-electron chi connectivity index (χ4n) is 4.93. The number of Topliss-reactive ketones (excluding diaryl/α,β-unsaturated/α-hetero) is 1. The number of allylic oxidation sites excluding steroid dienone is 3. The van der Waals surface area contributed by atoms with E-state index < -0.39 is 5.60 Å². The highest BCUT2D eigenvalue weighted by atomic mass is 16.5. The van der Waals surface area contributed by atoms with Crippen LogP contribution in [0.2, 0.25) is 0 Å². The van der Waals surface area contributed by atoms with Crippen molar-refractivity contribution in [3.63, 3.8) is 0 Å². The molecule has 3 heterocycles. The first kappa shape index (κ1) is 19.7. The van der Waals surface area contributed by atoms with Gasteiger partial charge in [0.25, 0.3) is 0 Å². The number of hydrazone groups is 1. The van der Waals surface area contributed by atoms with Crippen molar-refractivity contribution in [3.05, 3.63) is 53.6 Å². The number of likely N-dealkylation sites (tertiary alicyclic amines) is 1. The monoisotopic (exact) mass is 419 g/mol. The summed E-state index contributed by atoms with van der Waals surface area (Å²) in [4.78, 5) is 39.5. The Labute approximate surface area is 180 Å². The maximum atomic E-state index is 13.0. The number of amides is 2. The lowest BCUT2D eigenvalue weighted by molar-refractivity contribution is -0.133. The summed E-state index contributed by atoms with van der Waals surface area (Å²) in [5.41, 5.74) is 4.39. The van der Waals surface area contributed by atoms with Gasteiger partial charge in [0.1, 0.15) is 11.4 Å². The molecule has 3 aliphatic heterocycles. The Morgan fingerprint density at radius 3 is 2.71 bits per heavy atom. The van der Waals surface area contributed by atoms with E-state index in [0.29, 0.717) is 49.4 Å². The molecule has 0 unspecified atom stereocenters. The van der Waals surface area contributed by atoms with Crippen LogP contribution in [0.25, 0.3) is 0 Å². The molecule has 1 fully saturated rings. The molecule has 2 amide bonds. The van der Waals surface area contributed by atoms with Crippen molar-refractivity contribution >= 4 is 23.3 Å². The smallest absolute Gasteiger partial charge is 0.247 e. The molecule has 1 N–H and O–H groups in total. The normalized spacial score (nSPS) is 26.0. The topological polar surface area (TPSA) is 88.1 Å². The highest BCUT2D eigenvalue weighted by molar-refractivity contribution is 6.07. The molecule has 0 radical (unpaired) electrons. The van der Waals surface area contributed by atoms with E-state index in [0.717, 1.165) is 5.56 Å². The summed E-state index contributed by atoms with van der Waals surface area (Å²) in [7, 11) is 0. The zero-order valence-electron chi connectivity index (χ0n) is 17.5. The Hall–Kier alpha value is -3.22. The Morgan fingerprint density at radius 2 is 1.94 bits per heavy atom. The zero-order chi connectivity index (χ0) is 21.6. The maximum Gasteiger partial charge on any atom is 0.247 e. The Bertz CT molecular complexity index is 1050. The fourth-order valence-corrected chi connectivity index (χ4v) is 4.93. The Morgan fingerprint density at radius 1 is 1.19 bits per heavy atom. The van der Waals surface area contributed by atoms with Crippen LogP contribution in [0.4, 0.5) is 0 Å². The Kier molecular flexibility index (Phi) is 4.76. The number of ketones is 1. The number of nitrogens with zero attached hydrogens (tertiary/aromatic N) is 2. The number of nitrogens with one attached hydrogen (secondary N) is 1. The minimum Gasteiger partial charge on any atom is -0.486 e. The molecular formula is C24H25N3O4. The highest BCUT2D eigenvalue weighted by Crippen LogP contribution is 2.39. The van der Waals surface area contributed by atoms with Gasteiger partial charge >= 0.3 is 0 Å². The van der Waals surface area contributed by atoms with Crippen molar-refractivity contribution < 1.29 is 19.1 Å². The molecule has 2 atom stereocenters. The summed E-state index contributed by atoms with van der Waals surface area (Å²) < 4.78 is 6.30. The van der Waals surface area contributed by atoms with Crippen LogP contribution in [0.15, 0.2) is 47.6 Å². The molecular weight excluding hydrogens is 394 g/mol. The van der Waals surface area contributed by atoms with Gasteiger partial charge in [0.15, 0.2) is 5.78 Å². The van der Waals surface area contributed by atoms with Crippen LogP contribution >= 0.6 is 0 Å². The summed E-state index contributed by atoms with van der Waals surface area (Å²) in [5.74, 6) is 0.136. The second-order valence-corrected chi connectivity index (χ2v) is 8.84. The molecule has 1 aliphatic carbocycles. The van der Waals surface area contributed by atoms with E-state index in [1.165, 1.54) is 0 Å². The third kappa shape index (κ3) is 3.58. The minimum atomic E-state index is -0.533. The molecule has 5 rings (SSSR count). The van der Waals surface area contributed by atoms with Gasteiger partial charge in [-0.2, -0.15) is 5.10 Å². The standard InChI is InChI=1S/C24H25N3O4/c1-15-6-7-21-18(12-15)20(28)14-24(31-21)8-10-27(11-9-24)22(29)13-19-16-4-2-3-5-17(16)23(30)26-25-19/h2-7,12,16-17H,8-11,13-14H2,1H3,(H,26,30)/t16-,17+/m1/s1. The zero-order valence-corrected chi connectivity index (χ0v) is 17.5. The van der Waals surface area contributed by atoms with Crippen LogP contribution in [0.5, 0.6) is 5.75 Å². The number of ether oxygens (including phenoxy) is 1. The maximum absolute atomic E-state index is 13.0. The third-order valence-electron chi connectivity index (χ3n) is 6.74. The quantitative estimate of drug-likeness (QED) is 0.798. The lowest BCUT2D eigenvalue weighted by atomic mass is 9.81. The van der Waals surface area contributed by atoms with Crippen molar-refractivity contribution in [2.75, 3.05) is 13.1 Å². The average Bonchev–Trinajstić information content (AvgIpc) is 2.77. The average molecular weight is 419 g/mol. The van der Waals surface area contributed by atoms with Crippen LogP contribution in [-0.2, 0) is 9.59 Å². The summed E-state index contributed by atoms with van der Waals surface area (Å²) in [5, 5.41) is 4.17. The molecule has 1 spiro atoms. The van der Waals surface area contributed by atoms with E-state index in [2.05, 4.69) is 10.5 Å². The molecule has 160 valence electrons. The SMILES string of the molecule is Cc1ccc2c(c1)C(=O)CC1(CCN(C(=O)CC3=NNC(=O)[C@H]4C=CC=C[C@@H]34)CC1)O2. The number of carbonyl (C=O) groups excluding carboxylic acids is 3. The van der Waals surface area contributed by atoms with E-state index in [9.17, 15) is 14.4 Å². The molecule has 0 aromatic heterocycles. The molecule has 7 heteroatoms. The van der Waals surface area contributed by atoms with E-state index in [1.807, 2.05) is 54.3 Å². The van der Waals surface area contributed by atoms with Crippen LogP contribution in [0.3, 0.4) is 0 Å². The van der Waals surface area contributed by atoms with Crippen molar-refractivity contribution in [2.24, 2.45) is 16.9 Å². The number of benzene rings is 1. The molecule has 0 bridgehead atoms. The van der Waals surface area contributed by atoms with Gasteiger partial charge in [-0.3, -0.25) is 14.4 Å². The van der Waals surface area contributed by atoms with Crippen LogP contribution < -0.4 is 10.2 Å². The molecule has 0 saturated carbocycles. The number of hydrogen-bond donors (Lipinski definition) is 1. The van der Waals surface area contributed by atoms with Gasteiger partial charge in [-0.25, -0.2) is 5.43 Å². The molecule has 4 aliphatic rings. The number of piperidine rings is 1. The summed E-state index contributed by atoms with van der Waals surface area (Å²) >= 11 is 0. The molecule has 1 saturated heterocycles. The summed E-state index contributed by atoms with van der Waals surface area (Å²) in [6.45, 7) is 3.04. The second-order valence-electron chi connectivity index (χ2n) is 8.84. The molecule has 1 aromatic rings. The van der Waals surface area contributed by atoms with E-state index in [-0.39, 0.29) is 35.9 Å². The van der Waals surface area contributed by atoms with Gasteiger partial charge in [0.2, 0.25) is 11.8 Å². The lowest BCUT2D eigenvalue weighted by Gasteiger charge is -2.44. The number of fused-ring (bicyclic) bond motifs is 2. The van der Waals surface area contributed by atoms with Gasteiger partial charge in [-0.05, 0) is 19.1 Å². The first-order valence-corrected chi connectivity index (χ1v) is 10.8. The Balaban J connectivity index is 1.24. The number of hydrogen-bond acceptors (Lipinski definition) is 5. The van der Waals surface area contributed by atoms with Crippen LogP contribution in [0.1, 0.15) is 41.6 Å². The van der Waals surface area contributed by atoms with Crippen molar-refractivity contribution in [1.82, 2.24) is 10.3 Å². The fraction of sp³-hybridized carbons (Fsp3) is 0.417. The van der Waals surface area contributed by atoms with Gasteiger partial charge < -0.3 is 9.64 Å². The molecule has 1 aromatic carbocycles. The first-order valence-electron chi connectivity index (χ1n) is 10.8. The van der Waals surface area contributed by atoms with Gasteiger partial charge in [-0.1, -0.05) is 35.9 Å². The molecule has 31 heavy (non-hydrogen) atoms. The molecule has 7 nitrogen and oxygen atoms in total.